The second-order valence-electron chi connectivity index (χ2n) is 5.51. The van der Waals surface area contributed by atoms with Gasteiger partial charge in [0.2, 0.25) is 0 Å². The number of pyridine rings is 1. The molecule has 0 saturated heterocycles. The van der Waals surface area contributed by atoms with Crippen LogP contribution in [0.25, 0.3) is 0 Å². The maximum absolute atomic E-state index is 12.5. The number of aliphatic hydroxyl groups excluding tert-OH is 1. The third-order valence-corrected chi connectivity index (χ3v) is 4.02. The lowest BCUT2D eigenvalue weighted by molar-refractivity contribution is -0.385. The fraction of sp³-hybridized carbons (Fsp3) is 0.250. The molecule has 23 heavy (non-hydrogen) atoms. The molecule has 2 atom stereocenters. The van der Waals surface area contributed by atoms with Gasteiger partial charge in [-0.2, -0.15) is 0 Å². The number of nitro groups is 1. The summed E-state index contributed by atoms with van der Waals surface area (Å²) in [4.78, 5) is 26.6. The molecule has 7 heteroatoms. The van der Waals surface area contributed by atoms with E-state index in [2.05, 4.69) is 10.3 Å². The van der Waals surface area contributed by atoms with Gasteiger partial charge in [0.25, 0.3) is 11.6 Å². The number of fused-ring (bicyclic) bond motifs is 1. The van der Waals surface area contributed by atoms with E-state index in [1.165, 1.54) is 6.07 Å². The van der Waals surface area contributed by atoms with Crippen LogP contribution >= 0.6 is 0 Å². The van der Waals surface area contributed by atoms with Crippen molar-refractivity contribution in [3.05, 3.63) is 69.0 Å². The molecule has 0 fully saturated rings. The van der Waals surface area contributed by atoms with E-state index in [4.69, 9.17) is 0 Å². The van der Waals surface area contributed by atoms with E-state index in [1.807, 2.05) is 24.3 Å². The van der Waals surface area contributed by atoms with E-state index in [-0.39, 0.29) is 11.3 Å². The number of carbonyl (C=O) groups is 1. The molecular weight excluding hydrogens is 298 g/mol. The Morgan fingerprint density at radius 1 is 1.43 bits per heavy atom. The maximum atomic E-state index is 12.5. The molecular formula is C16H15N3O4. The summed E-state index contributed by atoms with van der Waals surface area (Å²) in [6, 6.07) is 8.16. The van der Waals surface area contributed by atoms with Crippen LogP contribution in [-0.4, -0.2) is 27.0 Å². The van der Waals surface area contributed by atoms with Crippen LogP contribution in [0.2, 0.25) is 0 Å². The molecule has 2 aromatic rings. The third-order valence-electron chi connectivity index (χ3n) is 4.02. The number of hydrogen-bond acceptors (Lipinski definition) is 5. The van der Waals surface area contributed by atoms with E-state index < -0.39 is 23.0 Å². The number of aryl methyl sites for hydroxylation is 1. The van der Waals surface area contributed by atoms with Crippen molar-refractivity contribution >= 4 is 11.6 Å². The Hall–Kier alpha value is -2.80. The molecule has 0 radical (unpaired) electrons. The number of nitrogens with zero attached hydrogens (tertiary/aromatic N) is 2. The molecule has 7 nitrogen and oxygen atoms in total. The van der Waals surface area contributed by atoms with Gasteiger partial charge in [-0.05, 0) is 18.1 Å². The molecule has 2 N–H and O–H groups in total. The minimum absolute atomic E-state index is 0.135. The van der Waals surface area contributed by atoms with Gasteiger partial charge in [0, 0.05) is 12.5 Å². The van der Waals surface area contributed by atoms with Gasteiger partial charge in [0.05, 0.1) is 28.3 Å². The van der Waals surface area contributed by atoms with Crippen LogP contribution in [0.15, 0.2) is 36.5 Å². The number of hydrogen-bond donors (Lipinski definition) is 2. The lowest BCUT2D eigenvalue weighted by atomic mass is 10.1. The first-order chi connectivity index (χ1) is 11.0. The first-order valence-corrected chi connectivity index (χ1v) is 7.15. The topological polar surface area (TPSA) is 105 Å². The molecule has 0 bridgehead atoms. The van der Waals surface area contributed by atoms with Crippen LogP contribution in [0.5, 0.6) is 0 Å². The second kappa shape index (κ2) is 5.77. The lowest BCUT2D eigenvalue weighted by Gasteiger charge is -2.18. The number of amides is 1. The Balaban J connectivity index is 1.88. The predicted octanol–water partition coefficient (Wildman–Crippen LogP) is 1.69. The number of benzene rings is 1. The molecule has 1 aliphatic carbocycles. The van der Waals surface area contributed by atoms with Crippen LogP contribution in [0.4, 0.5) is 5.69 Å². The van der Waals surface area contributed by atoms with Crippen LogP contribution in [0.1, 0.15) is 33.2 Å². The van der Waals surface area contributed by atoms with Crippen molar-refractivity contribution in [1.82, 2.24) is 10.3 Å². The van der Waals surface area contributed by atoms with Gasteiger partial charge < -0.3 is 10.4 Å². The van der Waals surface area contributed by atoms with Crippen molar-refractivity contribution in [2.45, 2.75) is 25.5 Å². The molecule has 0 aliphatic heterocycles. The average molecular weight is 313 g/mol. The third kappa shape index (κ3) is 2.78. The van der Waals surface area contributed by atoms with Crippen molar-refractivity contribution in [3.63, 3.8) is 0 Å². The minimum atomic E-state index is -0.719. The van der Waals surface area contributed by atoms with Crippen molar-refractivity contribution in [2.75, 3.05) is 0 Å². The van der Waals surface area contributed by atoms with E-state index in [0.29, 0.717) is 12.1 Å². The van der Waals surface area contributed by atoms with Gasteiger partial charge in [-0.3, -0.25) is 19.9 Å². The van der Waals surface area contributed by atoms with Crippen LogP contribution in [-0.2, 0) is 6.42 Å². The summed E-state index contributed by atoms with van der Waals surface area (Å²) in [6.07, 6.45) is 0.863. The lowest BCUT2D eigenvalue weighted by Crippen LogP contribution is -2.34. The Morgan fingerprint density at radius 3 is 2.91 bits per heavy atom. The van der Waals surface area contributed by atoms with E-state index in [0.717, 1.165) is 17.3 Å². The SMILES string of the molecule is Cc1ncc([N+](=O)[O-])cc1C(=O)NC1c2ccccc2CC1O. The highest BCUT2D eigenvalue weighted by atomic mass is 16.6. The smallest absolute Gasteiger partial charge is 0.288 e. The van der Waals surface area contributed by atoms with Gasteiger partial charge in [0.1, 0.15) is 6.20 Å². The first-order valence-electron chi connectivity index (χ1n) is 7.15. The van der Waals surface area contributed by atoms with E-state index in [1.54, 1.807) is 6.92 Å². The molecule has 118 valence electrons. The van der Waals surface area contributed by atoms with Crippen LogP contribution in [0, 0.1) is 17.0 Å². The van der Waals surface area contributed by atoms with Gasteiger partial charge in [-0.25, -0.2) is 0 Å². The number of nitrogens with one attached hydrogen (secondary N) is 1. The van der Waals surface area contributed by atoms with Gasteiger partial charge in [-0.15, -0.1) is 0 Å². The molecule has 1 heterocycles. The number of aromatic nitrogens is 1. The van der Waals surface area contributed by atoms with E-state index >= 15 is 0 Å². The molecule has 1 aliphatic rings. The van der Waals surface area contributed by atoms with Crippen molar-refractivity contribution < 1.29 is 14.8 Å². The molecule has 1 amide bonds. The highest BCUT2D eigenvalue weighted by Crippen LogP contribution is 2.31. The summed E-state index contributed by atoms with van der Waals surface area (Å²) in [7, 11) is 0. The fourth-order valence-corrected chi connectivity index (χ4v) is 2.82. The predicted molar refractivity (Wildman–Crippen MR) is 82.0 cm³/mol. The van der Waals surface area contributed by atoms with Crippen LogP contribution < -0.4 is 5.32 Å². The minimum Gasteiger partial charge on any atom is -0.390 e. The van der Waals surface area contributed by atoms with Crippen molar-refractivity contribution in [2.24, 2.45) is 0 Å². The van der Waals surface area contributed by atoms with Gasteiger partial charge >= 0.3 is 0 Å². The molecule has 2 unspecified atom stereocenters. The zero-order valence-electron chi connectivity index (χ0n) is 12.4. The highest BCUT2D eigenvalue weighted by molar-refractivity contribution is 5.96. The summed E-state index contributed by atoms with van der Waals surface area (Å²) in [6.45, 7) is 1.61. The standard InChI is InChI=1S/C16H15N3O4/c1-9-13(7-11(8-17-9)19(22)23)16(21)18-15-12-5-3-2-4-10(12)6-14(15)20/h2-5,7-8,14-15,20H,6H2,1H3,(H,18,21). The van der Waals surface area contributed by atoms with Crippen molar-refractivity contribution in [3.8, 4) is 0 Å². The number of aliphatic hydroxyl groups is 1. The molecule has 0 spiro atoms. The normalized spacial score (nSPS) is 19.2. The summed E-state index contributed by atoms with van der Waals surface area (Å²) in [5, 5.41) is 23.8. The number of rotatable bonds is 3. The zero-order chi connectivity index (χ0) is 16.6. The fourth-order valence-electron chi connectivity index (χ4n) is 2.82. The van der Waals surface area contributed by atoms with Gasteiger partial charge in [0.15, 0.2) is 0 Å². The Kier molecular flexibility index (Phi) is 3.79. The maximum Gasteiger partial charge on any atom is 0.288 e. The summed E-state index contributed by atoms with van der Waals surface area (Å²) >= 11 is 0. The molecule has 0 saturated carbocycles. The quantitative estimate of drug-likeness (QED) is 0.662. The van der Waals surface area contributed by atoms with Crippen LogP contribution in [0.3, 0.4) is 0 Å². The molecule has 1 aromatic carbocycles. The molecule has 3 rings (SSSR count). The average Bonchev–Trinajstić information content (AvgIpc) is 2.83. The summed E-state index contributed by atoms with van der Waals surface area (Å²) in [5.41, 5.74) is 2.14. The Bertz CT molecular complexity index is 791. The van der Waals surface area contributed by atoms with E-state index in [9.17, 15) is 20.0 Å². The zero-order valence-corrected chi connectivity index (χ0v) is 12.4. The largest absolute Gasteiger partial charge is 0.390 e. The Morgan fingerprint density at radius 2 is 2.17 bits per heavy atom. The van der Waals surface area contributed by atoms with Crippen molar-refractivity contribution in [1.29, 1.82) is 0 Å². The molecule has 1 aromatic heterocycles. The highest BCUT2D eigenvalue weighted by Gasteiger charge is 2.32. The number of carbonyl (C=O) groups excluding carboxylic acids is 1. The second-order valence-corrected chi connectivity index (χ2v) is 5.51. The first kappa shape index (κ1) is 15.1. The van der Waals surface area contributed by atoms with Gasteiger partial charge in [-0.1, -0.05) is 24.3 Å². The monoisotopic (exact) mass is 313 g/mol. The summed E-state index contributed by atoms with van der Waals surface area (Å²) < 4.78 is 0. The Labute approximate surface area is 132 Å². The summed E-state index contributed by atoms with van der Waals surface area (Å²) in [5.74, 6) is -0.487.